The first-order valence-corrected chi connectivity index (χ1v) is 8.36. The average Bonchev–Trinajstić information content (AvgIpc) is 2.63. The van der Waals surface area contributed by atoms with Crippen molar-refractivity contribution in [2.24, 2.45) is 0 Å². The van der Waals surface area contributed by atoms with Crippen LogP contribution in [0.2, 0.25) is 10.0 Å². The number of halogens is 2. The molecule has 4 heteroatoms. The highest BCUT2D eigenvalue weighted by Gasteiger charge is 2.15. The highest BCUT2D eigenvalue weighted by Crippen LogP contribution is 2.27. The number of phenols is 1. The van der Waals surface area contributed by atoms with E-state index in [1.54, 1.807) is 36.4 Å². The maximum absolute atomic E-state index is 13.0. The zero-order chi connectivity index (χ0) is 17.8. The van der Waals surface area contributed by atoms with Gasteiger partial charge in [-0.05, 0) is 53.6 Å². The summed E-state index contributed by atoms with van der Waals surface area (Å²) >= 11 is 12.0. The van der Waals surface area contributed by atoms with Gasteiger partial charge in [0.15, 0.2) is 5.78 Å². The smallest absolute Gasteiger partial charge is 0.193 e. The average molecular weight is 369 g/mol. The van der Waals surface area contributed by atoms with Gasteiger partial charge in [0.05, 0.1) is 10.0 Å². The Hall–Kier alpha value is -2.55. The van der Waals surface area contributed by atoms with Crippen molar-refractivity contribution >= 4 is 40.6 Å². The number of rotatable bonds is 4. The first kappa shape index (κ1) is 17.3. The molecule has 0 atom stereocenters. The van der Waals surface area contributed by atoms with Crippen LogP contribution in [-0.2, 0) is 0 Å². The third kappa shape index (κ3) is 4.11. The lowest BCUT2D eigenvalue weighted by Crippen LogP contribution is -2.02. The zero-order valence-corrected chi connectivity index (χ0v) is 14.6. The Balaban J connectivity index is 2.09. The topological polar surface area (TPSA) is 37.3 Å². The van der Waals surface area contributed by atoms with E-state index in [0.29, 0.717) is 21.2 Å². The molecule has 0 saturated carbocycles. The second-order valence-electron chi connectivity index (χ2n) is 5.47. The van der Waals surface area contributed by atoms with Gasteiger partial charge < -0.3 is 5.11 Å². The fourth-order valence-electron chi connectivity index (χ4n) is 2.43. The first-order chi connectivity index (χ1) is 12.0. The molecule has 0 aromatic heterocycles. The minimum Gasteiger partial charge on any atom is -0.508 e. The molecule has 0 bridgehead atoms. The van der Waals surface area contributed by atoms with E-state index in [9.17, 15) is 9.90 Å². The van der Waals surface area contributed by atoms with E-state index >= 15 is 0 Å². The molecule has 1 N–H and O–H groups in total. The van der Waals surface area contributed by atoms with Crippen molar-refractivity contribution in [2.45, 2.75) is 0 Å². The Morgan fingerprint density at radius 1 is 0.800 bits per heavy atom. The Bertz CT molecular complexity index is 930. The fourth-order valence-corrected chi connectivity index (χ4v) is 2.74. The fraction of sp³-hybridized carbons (Fsp3) is 0. The van der Waals surface area contributed by atoms with Crippen LogP contribution in [0.1, 0.15) is 21.5 Å². The monoisotopic (exact) mass is 368 g/mol. The molecular weight excluding hydrogens is 355 g/mol. The lowest BCUT2D eigenvalue weighted by atomic mass is 9.95. The highest BCUT2D eigenvalue weighted by molar-refractivity contribution is 6.42. The van der Waals surface area contributed by atoms with Gasteiger partial charge in [0.1, 0.15) is 5.75 Å². The molecular formula is C21H14Cl2O2. The van der Waals surface area contributed by atoms with Gasteiger partial charge in [0.2, 0.25) is 0 Å². The molecule has 124 valence electrons. The quantitative estimate of drug-likeness (QED) is 0.342. The number of hydrogen-bond donors (Lipinski definition) is 1. The van der Waals surface area contributed by atoms with Gasteiger partial charge in [-0.15, -0.1) is 0 Å². The molecule has 3 aromatic carbocycles. The summed E-state index contributed by atoms with van der Waals surface area (Å²) in [6, 6.07) is 20.8. The third-order valence-corrected chi connectivity index (χ3v) is 4.45. The van der Waals surface area contributed by atoms with Crippen LogP contribution in [0.4, 0.5) is 0 Å². The predicted molar refractivity (Wildman–Crippen MR) is 103 cm³/mol. The minimum atomic E-state index is -0.141. The maximum atomic E-state index is 13.0. The molecule has 0 unspecified atom stereocenters. The van der Waals surface area contributed by atoms with E-state index in [2.05, 4.69) is 0 Å². The van der Waals surface area contributed by atoms with Crippen LogP contribution >= 0.6 is 23.2 Å². The number of phenolic OH excluding ortho intramolecular Hbond substituents is 1. The Kier molecular flexibility index (Phi) is 5.22. The lowest BCUT2D eigenvalue weighted by Gasteiger charge is -2.09. The molecule has 3 aromatic rings. The van der Waals surface area contributed by atoms with Crippen molar-refractivity contribution in [1.29, 1.82) is 0 Å². The van der Waals surface area contributed by atoms with Gasteiger partial charge in [0, 0.05) is 11.1 Å². The number of allylic oxidation sites excluding steroid dienone is 1. The van der Waals surface area contributed by atoms with Crippen molar-refractivity contribution in [3.8, 4) is 5.75 Å². The molecule has 0 amide bonds. The van der Waals surface area contributed by atoms with E-state index in [-0.39, 0.29) is 11.5 Å². The summed E-state index contributed by atoms with van der Waals surface area (Å²) in [5, 5.41) is 10.3. The van der Waals surface area contributed by atoms with Crippen molar-refractivity contribution in [3.63, 3.8) is 0 Å². The molecule has 0 heterocycles. The molecule has 3 rings (SSSR count). The van der Waals surface area contributed by atoms with Gasteiger partial charge in [0.25, 0.3) is 0 Å². The molecule has 0 aliphatic carbocycles. The second kappa shape index (κ2) is 7.56. The van der Waals surface area contributed by atoms with Crippen LogP contribution in [0.5, 0.6) is 5.75 Å². The minimum absolute atomic E-state index is 0.117. The Labute approximate surface area is 156 Å². The van der Waals surface area contributed by atoms with Crippen LogP contribution in [0.25, 0.3) is 11.6 Å². The Morgan fingerprint density at radius 2 is 1.48 bits per heavy atom. The van der Waals surface area contributed by atoms with Crippen LogP contribution < -0.4 is 0 Å². The van der Waals surface area contributed by atoms with E-state index in [1.165, 1.54) is 12.1 Å². The molecule has 25 heavy (non-hydrogen) atoms. The summed E-state index contributed by atoms with van der Waals surface area (Å²) in [6.07, 6.45) is 1.78. The molecule has 0 fully saturated rings. The second-order valence-corrected chi connectivity index (χ2v) is 6.29. The summed E-state index contributed by atoms with van der Waals surface area (Å²) in [5.74, 6) is -0.0245. The van der Waals surface area contributed by atoms with Crippen molar-refractivity contribution in [2.75, 3.05) is 0 Å². The summed E-state index contributed by atoms with van der Waals surface area (Å²) < 4.78 is 0. The molecule has 0 radical (unpaired) electrons. The molecule has 0 aliphatic heterocycles. The standard InChI is InChI=1S/C21H14Cl2O2/c22-19-11-6-14(13-20(19)23)12-18(15-4-2-1-3-5-15)21(25)16-7-9-17(24)10-8-16/h1-13,24H/b18-12-. The number of ketones is 1. The number of hydrogen-bond acceptors (Lipinski definition) is 2. The van der Waals surface area contributed by atoms with Crippen molar-refractivity contribution < 1.29 is 9.90 Å². The van der Waals surface area contributed by atoms with Gasteiger partial charge in [-0.1, -0.05) is 59.6 Å². The van der Waals surface area contributed by atoms with Crippen LogP contribution in [0.3, 0.4) is 0 Å². The lowest BCUT2D eigenvalue weighted by molar-refractivity contribution is 0.105. The van der Waals surface area contributed by atoms with Gasteiger partial charge in [-0.3, -0.25) is 4.79 Å². The number of carbonyl (C=O) groups excluding carboxylic acids is 1. The molecule has 2 nitrogen and oxygen atoms in total. The van der Waals surface area contributed by atoms with Crippen molar-refractivity contribution in [1.82, 2.24) is 0 Å². The number of carbonyl (C=O) groups is 1. The normalized spacial score (nSPS) is 11.4. The van der Waals surface area contributed by atoms with E-state index in [1.807, 2.05) is 30.3 Å². The van der Waals surface area contributed by atoms with Crippen LogP contribution in [-0.4, -0.2) is 10.9 Å². The van der Waals surface area contributed by atoms with E-state index < -0.39 is 0 Å². The zero-order valence-electron chi connectivity index (χ0n) is 13.1. The summed E-state index contributed by atoms with van der Waals surface area (Å²) in [4.78, 5) is 13.0. The van der Waals surface area contributed by atoms with Gasteiger partial charge >= 0.3 is 0 Å². The summed E-state index contributed by atoms with van der Waals surface area (Å²) in [7, 11) is 0. The number of benzene rings is 3. The van der Waals surface area contributed by atoms with Gasteiger partial charge in [-0.25, -0.2) is 0 Å². The molecule has 0 spiro atoms. The number of Topliss-reactive ketones (excluding diaryl/α,β-unsaturated/α-hetero) is 1. The Morgan fingerprint density at radius 3 is 2.12 bits per heavy atom. The predicted octanol–water partition coefficient (Wildman–Crippen LogP) is 6.12. The van der Waals surface area contributed by atoms with Crippen LogP contribution in [0.15, 0.2) is 72.8 Å². The maximum Gasteiger partial charge on any atom is 0.193 e. The van der Waals surface area contributed by atoms with E-state index in [4.69, 9.17) is 23.2 Å². The van der Waals surface area contributed by atoms with Crippen molar-refractivity contribution in [3.05, 3.63) is 99.5 Å². The molecule has 0 saturated heterocycles. The third-order valence-electron chi connectivity index (χ3n) is 3.71. The summed E-state index contributed by atoms with van der Waals surface area (Å²) in [6.45, 7) is 0. The summed E-state index contributed by atoms with van der Waals surface area (Å²) in [5.41, 5.74) is 2.60. The largest absolute Gasteiger partial charge is 0.508 e. The van der Waals surface area contributed by atoms with Gasteiger partial charge in [-0.2, -0.15) is 0 Å². The SMILES string of the molecule is O=C(/C(=C\c1ccc(Cl)c(Cl)c1)c1ccccc1)c1ccc(O)cc1. The molecule has 0 aliphatic rings. The first-order valence-electron chi connectivity index (χ1n) is 7.60. The van der Waals surface area contributed by atoms with Crippen LogP contribution in [0, 0.1) is 0 Å². The number of aromatic hydroxyl groups is 1. The van der Waals surface area contributed by atoms with E-state index in [0.717, 1.165) is 11.1 Å². The highest BCUT2D eigenvalue weighted by atomic mass is 35.5.